The smallest absolute Gasteiger partial charge is 0.364 e. The third-order valence-electron chi connectivity index (χ3n) is 2.96. The Morgan fingerprint density at radius 3 is 2.64 bits per heavy atom. The molecule has 3 nitrogen and oxygen atoms in total. The van der Waals surface area contributed by atoms with Crippen molar-refractivity contribution >= 4 is 5.97 Å². The maximum atomic E-state index is 11.3. The van der Waals surface area contributed by atoms with Crippen molar-refractivity contribution < 1.29 is 15.3 Å². The van der Waals surface area contributed by atoms with Crippen LogP contribution in [0.4, 0.5) is 0 Å². The Labute approximate surface area is 86.0 Å². The quantitative estimate of drug-likeness (QED) is 0.692. The van der Waals surface area contributed by atoms with Gasteiger partial charge in [0.1, 0.15) is 0 Å². The van der Waals surface area contributed by atoms with Gasteiger partial charge in [0.25, 0.3) is 0 Å². The highest BCUT2D eigenvalue weighted by atomic mass is 16.5. The molecule has 3 heteroatoms. The summed E-state index contributed by atoms with van der Waals surface area (Å²) in [6.07, 6.45) is 7.45. The standard InChI is InChI=1S/C11H21NO2/c1-2-14-11(13)10(12)8-9-6-4-3-5-7-9/h9-10H,2-8,12H2,1H3/p+1. The summed E-state index contributed by atoms with van der Waals surface area (Å²) in [6.45, 7) is 2.31. The molecular weight excluding hydrogens is 178 g/mol. The summed E-state index contributed by atoms with van der Waals surface area (Å²) in [5, 5.41) is 0. The van der Waals surface area contributed by atoms with Gasteiger partial charge in [0.05, 0.1) is 6.61 Å². The topological polar surface area (TPSA) is 53.9 Å². The molecule has 1 atom stereocenters. The van der Waals surface area contributed by atoms with E-state index in [4.69, 9.17) is 4.74 Å². The van der Waals surface area contributed by atoms with Crippen molar-refractivity contribution in [1.29, 1.82) is 0 Å². The molecule has 0 bridgehead atoms. The molecule has 0 amide bonds. The molecular formula is C11H22NO2+. The molecule has 1 fully saturated rings. The van der Waals surface area contributed by atoms with Crippen LogP contribution in [-0.4, -0.2) is 18.6 Å². The van der Waals surface area contributed by atoms with Gasteiger partial charge in [-0.05, 0) is 12.8 Å². The molecule has 0 aromatic rings. The highest BCUT2D eigenvalue weighted by molar-refractivity contribution is 5.73. The van der Waals surface area contributed by atoms with Crippen LogP contribution in [0.1, 0.15) is 45.4 Å². The Morgan fingerprint density at radius 2 is 2.07 bits per heavy atom. The van der Waals surface area contributed by atoms with Gasteiger partial charge in [-0.1, -0.05) is 32.1 Å². The first-order valence-corrected chi connectivity index (χ1v) is 5.73. The van der Waals surface area contributed by atoms with Crippen molar-refractivity contribution in [3.05, 3.63) is 0 Å². The molecule has 0 aromatic heterocycles. The molecule has 1 aliphatic rings. The SMILES string of the molecule is CCOC(=O)C([NH3+])CC1CCCCC1. The van der Waals surface area contributed by atoms with Gasteiger partial charge < -0.3 is 10.5 Å². The minimum atomic E-state index is -0.155. The zero-order chi connectivity index (χ0) is 10.4. The van der Waals surface area contributed by atoms with Crippen molar-refractivity contribution in [3.63, 3.8) is 0 Å². The number of carbonyl (C=O) groups excluding carboxylic acids is 1. The van der Waals surface area contributed by atoms with E-state index in [1.165, 1.54) is 32.1 Å². The molecule has 1 unspecified atom stereocenters. The number of quaternary nitrogens is 1. The van der Waals surface area contributed by atoms with Crippen LogP contribution in [0.25, 0.3) is 0 Å². The molecule has 14 heavy (non-hydrogen) atoms. The molecule has 82 valence electrons. The maximum absolute atomic E-state index is 11.3. The third kappa shape index (κ3) is 3.66. The van der Waals surface area contributed by atoms with Crippen LogP contribution >= 0.6 is 0 Å². The van der Waals surface area contributed by atoms with Crippen LogP contribution in [0.2, 0.25) is 0 Å². The molecule has 0 aromatic carbocycles. The molecule has 0 heterocycles. The van der Waals surface area contributed by atoms with Crippen LogP contribution in [0.15, 0.2) is 0 Å². The molecule has 0 saturated heterocycles. The molecule has 1 aliphatic carbocycles. The molecule has 0 radical (unpaired) electrons. The number of ether oxygens (including phenoxy) is 1. The van der Waals surface area contributed by atoms with Gasteiger partial charge in [-0.3, -0.25) is 0 Å². The van der Waals surface area contributed by atoms with E-state index in [2.05, 4.69) is 5.73 Å². The molecule has 1 rings (SSSR count). The highest BCUT2D eigenvalue weighted by Crippen LogP contribution is 2.26. The maximum Gasteiger partial charge on any atom is 0.364 e. The Hall–Kier alpha value is -0.570. The first-order chi connectivity index (χ1) is 6.74. The van der Waals surface area contributed by atoms with Crippen LogP contribution in [-0.2, 0) is 9.53 Å². The van der Waals surface area contributed by atoms with E-state index in [-0.39, 0.29) is 12.0 Å². The van der Waals surface area contributed by atoms with Crippen LogP contribution in [0.3, 0.4) is 0 Å². The number of esters is 1. The summed E-state index contributed by atoms with van der Waals surface area (Å²) in [7, 11) is 0. The average Bonchev–Trinajstić information content (AvgIpc) is 2.19. The average molecular weight is 200 g/mol. The second-order valence-electron chi connectivity index (χ2n) is 4.19. The van der Waals surface area contributed by atoms with Crippen molar-refractivity contribution in [2.24, 2.45) is 5.92 Å². The van der Waals surface area contributed by atoms with Crippen LogP contribution in [0.5, 0.6) is 0 Å². The minimum absolute atomic E-state index is 0.127. The van der Waals surface area contributed by atoms with E-state index in [1.54, 1.807) is 0 Å². The second-order valence-corrected chi connectivity index (χ2v) is 4.19. The summed E-state index contributed by atoms with van der Waals surface area (Å²) < 4.78 is 4.94. The lowest BCUT2D eigenvalue weighted by Gasteiger charge is -2.22. The van der Waals surface area contributed by atoms with E-state index >= 15 is 0 Å². The summed E-state index contributed by atoms with van der Waals surface area (Å²) in [6, 6.07) is -0.155. The van der Waals surface area contributed by atoms with Gasteiger partial charge >= 0.3 is 5.97 Å². The van der Waals surface area contributed by atoms with Crippen molar-refractivity contribution in [2.75, 3.05) is 6.61 Å². The fourth-order valence-electron chi connectivity index (χ4n) is 2.18. The van der Waals surface area contributed by atoms with E-state index < -0.39 is 0 Å². The van der Waals surface area contributed by atoms with Gasteiger partial charge in [0, 0.05) is 6.42 Å². The van der Waals surface area contributed by atoms with Gasteiger partial charge in [-0.15, -0.1) is 0 Å². The van der Waals surface area contributed by atoms with Crippen LogP contribution < -0.4 is 5.73 Å². The number of hydrogen-bond acceptors (Lipinski definition) is 2. The summed E-state index contributed by atoms with van der Waals surface area (Å²) in [5.74, 6) is 0.578. The Balaban J connectivity index is 2.24. The van der Waals surface area contributed by atoms with Gasteiger partial charge in [-0.2, -0.15) is 0 Å². The van der Waals surface area contributed by atoms with E-state index in [1.807, 2.05) is 6.92 Å². The van der Waals surface area contributed by atoms with E-state index in [0.29, 0.717) is 12.5 Å². The monoisotopic (exact) mass is 200 g/mol. The number of carbonyl (C=O) groups is 1. The summed E-state index contributed by atoms with van der Waals surface area (Å²) >= 11 is 0. The molecule has 3 N–H and O–H groups in total. The third-order valence-corrected chi connectivity index (χ3v) is 2.96. The largest absolute Gasteiger partial charge is 0.462 e. The van der Waals surface area contributed by atoms with E-state index in [9.17, 15) is 4.79 Å². The van der Waals surface area contributed by atoms with Crippen molar-refractivity contribution in [2.45, 2.75) is 51.5 Å². The van der Waals surface area contributed by atoms with Gasteiger partial charge in [0.15, 0.2) is 6.04 Å². The lowest BCUT2D eigenvalue weighted by Crippen LogP contribution is -2.65. The summed E-state index contributed by atoms with van der Waals surface area (Å²) in [5.41, 5.74) is 3.88. The number of rotatable bonds is 4. The first kappa shape index (κ1) is 11.5. The van der Waals surface area contributed by atoms with Crippen molar-refractivity contribution in [1.82, 2.24) is 0 Å². The predicted molar refractivity (Wildman–Crippen MR) is 54.5 cm³/mol. The Kier molecular flexibility index (Phi) is 4.94. The minimum Gasteiger partial charge on any atom is -0.462 e. The fraction of sp³-hybridized carbons (Fsp3) is 0.909. The van der Waals surface area contributed by atoms with Crippen molar-refractivity contribution in [3.8, 4) is 0 Å². The molecule has 0 spiro atoms. The molecule has 1 saturated carbocycles. The lowest BCUT2D eigenvalue weighted by molar-refractivity contribution is -0.411. The lowest BCUT2D eigenvalue weighted by atomic mass is 9.85. The normalized spacial score (nSPS) is 20.4. The number of hydrogen-bond donors (Lipinski definition) is 1. The predicted octanol–water partition coefficient (Wildman–Crippen LogP) is 1.13. The first-order valence-electron chi connectivity index (χ1n) is 5.73. The highest BCUT2D eigenvalue weighted by Gasteiger charge is 2.24. The Morgan fingerprint density at radius 1 is 1.43 bits per heavy atom. The zero-order valence-electron chi connectivity index (χ0n) is 9.13. The van der Waals surface area contributed by atoms with Gasteiger partial charge in [0.2, 0.25) is 0 Å². The second kappa shape index (κ2) is 6.02. The Bertz CT molecular complexity index is 176. The fourth-order valence-corrected chi connectivity index (χ4v) is 2.18. The molecule has 0 aliphatic heterocycles. The zero-order valence-corrected chi connectivity index (χ0v) is 9.13. The van der Waals surface area contributed by atoms with Crippen LogP contribution in [0, 0.1) is 5.92 Å². The van der Waals surface area contributed by atoms with E-state index in [0.717, 1.165) is 6.42 Å². The van der Waals surface area contributed by atoms with Gasteiger partial charge in [-0.25, -0.2) is 4.79 Å². The summed E-state index contributed by atoms with van der Waals surface area (Å²) in [4.78, 5) is 11.3.